The Balaban J connectivity index is 2.29. The molecule has 27 heavy (non-hydrogen) atoms. The molecule has 8 heteroatoms. The van der Waals surface area contributed by atoms with Crippen LogP contribution in [0.2, 0.25) is 0 Å². The summed E-state index contributed by atoms with van der Waals surface area (Å²) in [6.07, 6.45) is 2.76. The Morgan fingerprint density at radius 2 is 1.85 bits per heavy atom. The van der Waals surface area contributed by atoms with E-state index in [0.717, 1.165) is 0 Å². The molecule has 7 nitrogen and oxygen atoms in total. The number of hydrogen-bond acceptors (Lipinski definition) is 4. The van der Waals surface area contributed by atoms with Gasteiger partial charge in [-0.25, -0.2) is 4.79 Å². The molecule has 1 aromatic carbocycles. The third-order valence-corrected chi connectivity index (χ3v) is 4.35. The summed E-state index contributed by atoms with van der Waals surface area (Å²) in [6, 6.07) is 8.88. The monoisotopic (exact) mass is 434 g/mol. The zero-order valence-electron chi connectivity index (χ0n) is 14.7. The van der Waals surface area contributed by atoms with Crippen molar-refractivity contribution in [2.45, 2.75) is 19.9 Å². The lowest BCUT2D eigenvalue weighted by Gasteiger charge is -2.19. The molecule has 0 aliphatic carbocycles. The zero-order valence-corrected chi connectivity index (χ0v) is 16.3. The van der Waals surface area contributed by atoms with Gasteiger partial charge in [-0.3, -0.25) is 9.59 Å². The second-order valence-corrected chi connectivity index (χ2v) is 6.90. The molecular weight excluding hydrogens is 416 g/mol. The second kappa shape index (κ2) is 9.18. The highest BCUT2D eigenvalue weighted by Crippen LogP contribution is 2.16. The van der Waals surface area contributed by atoms with Crippen molar-refractivity contribution in [3.63, 3.8) is 0 Å². The summed E-state index contributed by atoms with van der Waals surface area (Å²) in [7, 11) is 0. The summed E-state index contributed by atoms with van der Waals surface area (Å²) in [5.74, 6) is -2.41. The fraction of sp³-hybridized carbons (Fsp3) is 0.211. The lowest BCUT2D eigenvalue weighted by molar-refractivity contribution is -0.142. The molecule has 1 atom stereocenters. The number of nitrogens with one attached hydrogen (secondary N) is 2. The zero-order chi connectivity index (χ0) is 20.0. The van der Waals surface area contributed by atoms with E-state index >= 15 is 0 Å². The van der Waals surface area contributed by atoms with Crippen molar-refractivity contribution >= 4 is 39.8 Å². The number of hydrogen-bond donors (Lipinski definition) is 3. The van der Waals surface area contributed by atoms with Gasteiger partial charge in [0.2, 0.25) is 0 Å². The molecule has 0 aliphatic heterocycles. The summed E-state index contributed by atoms with van der Waals surface area (Å²) < 4.78 is 5.75. The number of rotatable bonds is 7. The summed E-state index contributed by atoms with van der Waals surface area (Å²) >= 11 is 3.29. The summed E-state index contributed by atoms with van der Waals surface area (Å²) in [4.78, 5) is 36.5. The van der Waals surface area contributed by atoms with Crippen molar-refractivity contribution < 1.29 is 23.9 Å². The molecule has 3 N–H and O–H groups in total. The molecule has 0 saturated heterocycles. The third kappa shape index (κ3) is 5.55. The Hall–Kier alpha value is -2.87. The Kier molecular flexibility index (Phi) is 6.95. The Labute approximate surface area is 164 Å². The molecule has 0 aliphatic rings. The summed E-state index contributed by atoms with van der Waals surface area (Å²) in [5, 5.41) is 14.2. The predicted molar refractivity (Wildman–Crippen MR) is 103 cm³/mol. The predicted octanol–water partition coefficient (Wildman–Crippen LogP) is 3.04. The van der Waals surface area contributed by atoms with Gasteiger partial charge in [-0.05, 0) is 46.1 Å². The number of carboxylic acid groups (broad SMARTS) is 1. The fourth-order valence-corrected chi connectivity index (χ4v) is 2.71. The molecule has 1 heterocycles. The molecule has 0 radical (unpaired) electrons. The largest absolute Gasteiger partial charge is 0.480 e. The van der Waals surface area contributed by atoms with Crippen LogP contribution in [0.4, 0.5) is 0 Å². The first kappa shape index (κ1) is 20.4. The molecule has 1 aromatic heterocycles. The van der Waals surface area contributed by atoms with Crippen LogP contribution in [0.25, 0.3) is 6.08 Å². The van der Waals surface area contributed by atoms with E-state index in [1.54, 1.807) is 50.2 Å². The van der Waals surface area contributed by atoms with E-state index in [9.17, 15) is 19.5 Å². The molecule has 0 unspecified atom stereocenters. The van der Waals surface area contributed by atoms with E-state index < -0.39 is 23.8 Å². The molecule has 2 rings (SSSR count). The molecule has 0 saturated carbocycles. The number of carbonyl (C=O) groups excluding carboxylic acids is 2. The Morgan fingerprint density at radius 1 is 1.15 bits per heavy atom. The van der Waals surface area contributed by atoms with Gasteiger partial charge in [-0.2, -0.15) is 0 Å². The van der Waals surface area contributed by atoms with Gasteiger partial charge in [-0.1, -0.05) is 26.0 Å². The topological polar surface area (TPSA) is 109 Å². The molecule has 0 spiro atoms. The number of carboxylic acids is 1. The van der Waals surface area contributed by atoms with Crippen molar-refractivity contribution in [1.82, 2.24) is 10.6 Å². The van der Waals surface area contributed by atoms with Crippen LogP contribution in [0.3, 0.4) is 0 Å². The number of furan rings is 1. The van der Waals surface area contributed by atoms with Gasteiger partial charge in [0.25, 0.3) is 11.8 Å². The summed E-state index contributed by atoms with van der Waals surface area (Å²) in [6.45, 7) is 3.35. The van der Waals surface area contributed by atoms with E-state index in [1.807, 2.05) is 0 Å². The lowest BCUT2D eigenvalue weighted by Crippen LogP contribution is -2.47. The Morgan fingerprint density at radius 3 is 2.41 bits per heavy atom. The van der Waals surface area contributed by atoms with Gasteiger partial charge in [0.1, 0.15) is 17.5 Å². The number of carbonyl (C=O) groups is 3. The highest BCUT2D eigenvalue weighted by Gasteiger charge is 2.26. The minimum Gasteiger partial charge on any atom is -0.480 e. The van der Waals surface area contributed by atoms with E-state index in [1.165, 1.54) is 12.3 Å². The normalized spacial score (nSPS) is 12.5. The quantitative estimate of drug-likeness (QED) is 0.580. The van der Waals surface area contributed by atoms with Crippen LogP contribution in [0, 0.1) is 5.92 Å². The van der Waals surface area contributed by atoms with E-state index in [-0.39, 0.29) is 11.6 Å². The van der Waals surface area contributed by atoms with Crippen LogP contribution < -0.4 is 10.6 Å². The van der Waals surface area contributed by atoms with E-state index in [0.29, 0.717) is 15.8 Å². The van der Waals surface area contributed by atoms with Crippen LogP contribution in [0.5, 0.6) is 0 Å². The Bertz CT molecular complexity index is 859. The number of benzene rings is 1. The first-order chi connectivity index (χ1) is 12.8. The van der Waals surface area contributed by atoms with E-state index in [2.05, 4.69) is 26.6 Å². The number of halogens is 1. The first-order valence-electron chi connectivity index (χ1n) is 8.14. The van der Waals surface area contributed by atoms with Gasteiger partial charge in [0.15, 0.2) is 0 Å². The van der Waals surface area contributed by atoms with E-state index in [4.69, 9.17) is 4.42 Å². The average Bonchev–Trinajstić information content (AvgIpc) is 3.11. The van der Waals surface area contributed by atoms with Crippen molar-refractivity contribution in [3.05, 3.63) is 64.2 Å². The molecule has 0 bridgehead atoms. The smallest absolute Gasteiger partial charge is 0.326 e. The third-order valence-electron chi connectivity index (χ3n) is 3.66. The highest BCUT2D eigenvalue weighted by molar-refractivity contribution is 9.10. The standard InChI is InChI=1S/C19H19BrN2O5/c1-11(2)16(19(25)26)22-18(24)15(10-12-6-5-9-27-12)21-17(23)13-7-3-4-8-14(13)20/h3-11,16H,1-2H3,(H,21,23)(H,22,24)(H,25,26)/b15-10+/t16-/m1/s1. The molecule has 2 amide bonds. The second-order valence-electron chi connectivity index (χ2n) is 6.04. The van der Waals surface area contributed by atoms with Gasteiger partial charge >= 0.3 is 5.97 Å². The van der Waals surface area contributed by atoms with Crippen molar-refractivity contribution in [3.8, 4) is 0 Å². The van der Waals surface area contributed by atoms with Crippen molar-refractivity contribution in [2.75, 3.05) is 0 Å². The summed E-state index contributed by atoms with van der Waals surface area (Å²) in [5.41, 5.74) is 0.201. The van der Waals surface area contributed by atoms with Crippen LogP contribution >= 0.6 is 15.9 Å². The van der Waals surface area contributed by atoms with Gasteiger partial charge < -0.3 is 20.2 Å². The highest BCUT2D eigenvalue weighted by atomic mass is 79.9. The molecule has 142 valence electrons. The number of amides is 2. The molecule has 2 aromatic rings. The first-order valence-corrected chi connectivity index (χ1v) is 8.93. The SMILES string of the molecule is CC(C)[C@@H](NC(=O)/C(=C\c1ccco1)NC(=O)c1ccccc1Br)C(=O)O. The molecule has 0 fully saturated rings. The van der Waals surface area contributed by atoms with Crippen LogP contribution in [-0.2, 0) is 9.59 Å². The van der Waals surface area contributed by atoms with Crippen LogP contribution in [0.1, 0.15) is 30.0 Å². The minimum absolute atomic E-state index is 0.127. The van der Waals surface area contributed by atoms with Crippen LogP contribution in [-0.4, -0.2) is 28.9 Å². The van der Waals surface area contributed by atoms with Gasteiger partial charge in [-0.15, -0.1) is 0 Å². The average molecular weight is 435 g/mol. The lowest BCUT2D eigenvalue weighted by atomic mass is 10.0. The van der Waals surface area contributed by atoms with Gasteiger partial charge in [0, 0.05) is 10.5 Å². The van der Waals surface area contributed by atoms with Crippen molar-refractivity contribution in [2.24, 2.45) is 5.92 Å². The van der Waals surface area contributed by atoms with Crippen molar-refractivity contribution in [1.29, 1.82) is 0 Å². The molecular formula is C19H19BrN2O5. The fourth-order valence-electron chi connectivity index (χ4n) is 2.24. The minimum atomic E-state index is -1.16. The van der Waals surface area contributed by atoms with Gasteiger partial charge in [0.05, 0.1) is 11.8 Å². The maximum Gasteiger partial charge on any atom is 0.326 e. The maximum atomic E-state index is 12.6. The maximum absolute atomic E-state index is 12.6. The number of aliphatic carboxylic acids is 1. The van der Waals surface area contributed by atoms with Crippen LogP contribution in [0.15, 0.2) is 57.2 Å².